The number of para-hydroxylation sites is 1. The van der Waals surface area contributed by atoms with Gasteiger partial charge in [0.1, 0.15) is 0 Å². The lowest BCUT2D eigenvalue weighted by Crippen LogP contribution is -2.26. The third-order valence-electron chi connectivity index (χ3n) is 7.17. The van der Waals surface area contributed by atoms with Crippen LogP contribution < -0.4 is 5.30 Å². The molecule has 1 aromatic heterocycles. The van der Waals surface area contributed by atoms with Gasteiger partial charge in [-0.05, 0) is 30.5 Å². The van der Waals surface area contributed by atoms with E-state index in [1.54, 1.807) is 10.9 Å². The number of aromatic nitrogens is 1. The molecule has 0 saturated heterocycles. The molecule has 2 atom stereocenters. The maximum absolute atomic E-state index is 3.73. The molecule has 1 nitrogen and oxygen atoms in total. The second-order valence-electron chi connectivity index (χ2n) is 9.58. The number of aromatic amines is 1. The van der Waals surface area contributed by atoms with Gasteiger partial charge in [-0.25, -0.2) is 0 Å². The number of nitrogens with one attached hydrogen (secondary N) is 1. The number of hydrogen-bond donors (Lipinski definition) is 1. The molecule has 2 aromatic carbocycles. The zero-order chi connectivity index (χ0) is 20.8. The summed E-state index contributed by atoms with van der Waals surface area (Å²) in [4.78, 5) is 3.73. The van der Waals surface area contributed by atoms with Gasteiger partial charge in [0.15, 0.2) is 0 Å². The summed E-state index contributed by atoms with van der Waals surface area (Å²) in [5.74, 6) is 0.830. The van der Waals surface area contributed by atoms with E-state index in [2.05, 4.69) is 73.4 Å². The quantitative estimate of drug-likeness (QED) is 0.253. The maximum atomic E-state index is 3.73. The summed E-state index contributed by atoms with van der Waals surface area (Å²) < 4.78 is 0. The van der Waals surface area contributed by atoms with Gasteiger partial charge in [-0.3, -0.25) is 0 Å². The summed E-state index contributed by atoms with van der Waals surface area (Å²) in [5.41, 5.74) is 4.46. The highest BCUT2D eigenvalue weighted by Crippen LogP contribution is 2.64. The highest BCUT2D eigenvalue weighted by molar-refractivity contribution is 7.82. The molecule has 0 spiro atoms. The number of aryl methyl sites for hydroxylation is 1. The minimum Gasteiger partial charge on any atom is -0.358 e. The summed E-state index contributed by atoms with van der Waals surface area (Å²) in [5, 5.41) is 3.13. The molecule has 1 aliphatic heterocycles. The standard InChI is InChI=1S/C28H39NP/c1-3-4-5-6-7-9-14-23(2)21-30(24-15-10-8-11-16-24)20-19-28-26(22-30)25-17-12-13-18-27(25)29-28/h8,10-13,15-18,23,29H,3-7,9,14,19-22H2,1-2H3/q+1. The van der Waals surface area contributed by atoms with Crippen LogP contribution >= 0.6 is 7.26 Å². The van der Waals surface area contributed by atoms with Gasteiger partial charge in [0, 0.05) is 28.6 Å². The Hall–Kier alpha value is -1.59. The van der Waals surface area contributed by atoms with Crippen molar-refractivity contribution in [3.63, 3.8) is 0 Å². The van der Waals surface area contributed by atoms with Crippen molar-refractivity contribution in [1.29, 1.82) is 0 Å². The molecule has 0 amide bonds. The summed E-state index contributed by atoms with van der Waals surface area (Å²) in [6.07, 6.45) is 15.2. The first kappa shape index (κ1) is 21.6. The van der Waals surface area contributed by atoms with E-state index in [9.17, 15) is 0 Å². The van der Waals surface area contributed by atoms with Crippen LogP contribution in [-0.2, 0) is 12.6 Å². The van der Waals surface area contributed by atoms with Crippen LogP contribution in [0.25, 0.3) is 10.9 Å². The molecule has 30 heavy (non-hydrogen) atoms. The Balaban J connectivity index is 1.51. The molecule has 2 heterocycles. The van der Waals surface area contributed by atoms with E-state index >= 15 is 0 Å². The summed E-state index contributed by atoms with van der Waals surface area (Å²) >= 11 is 0. The Morgan fingerprint density at radius 3 is 2.47 bits per heavy atom. The first-order valence-corrected chi connectivity index (χ1v) is 14.6. The minimum absolute atomic E-state index is 0.830. The van der Waals surface area contributed by atoms with Crippen LogP contribution in [0.4, 0.5) is 0 Å². The van der Waals surface area contributed by atoms with E-state index in [0.29, 0.717) is 0 Å². The van der Waals surface area contributed by atoms with E-state index < -0.39 is 7.26 Å². The largest absolute Gasteiger partial charge is 0.358 e. The first-order valence-electron chi connectivity index (χ1n) is 12.2. The van der Waals surface area contributed by atoms with Crippen molar-refractivity contribution in [2.24, 2.45) is 5.92 Å². The van der Waals surface area contributed by atoms with Crippen molar-refractivity contribution in [3.05, 3.63) is 65.9 Å². The van der Waals surface area contributed by atoms with Gasteiger partial charge in [-0.2, -0.15) is 0 Å². The van der Waals surface area contributed by atoms with Crippen molar-refractivity contribution in [2.45, 2.75) is 71.4 Å². The third kappa shape index (κ3) is 4.83. The van der Waals surface area contributed by atoms with Gasteiger partial charge < -0.3 is 4.98 Å². The zero-order valence-electron chi connectivity index (χ0n) is 19.0. The predicted molar refractivity (Wildman–Crippen MR) is 136 cm³/mol. The van der Waals surface area contributed by atoms with Crippen LogP contribution in [0.2, 0.25) is 0 Å². The Bertz CT molecular complexity index is 928. The van der Waals surface area contributed by atoms with Crippen molar-refractivity contribution < 1.29 is 0 Å². The fourth-order valence-corrected chi connectivity index (χ4v) is 10.5. The van der Waals surface area contributed by atoms with E-state index in [-0.39, 0.29) is 0 Å². The lowest BCUT2D eigenvalue weighted by Gasteiger charge is -2.33. The monoisotopic (exact) mass is 420 g/mol. The van der Waals surface area contributed by atoms with Crippen molar-refractivity contribution in [3.8, 4) is 0 Å². The second kappa shape index (κ2) is 10.1. The van der Waals surface area contributed by atoms with E-state index in [1.807, 2.05) is 0 Å². The zero-order valence-corrected chi connectivity index (χ0v) is 19.9. The average Bonchev–Trinajstić information content (AvgIpc) is 3.14. The molecular formula is C28H39NP+. The summed E-state index contributed by atoms with van der Waals surface area (Å²) in [6, 6.07) is 20.5. The minimum atomic E-state index is -1.19. The second-order valence-corrected chi connectivity index (χ2v) is 13.5. The highest BCUT2D eigenvalue weighted by Gasteiger charge is 2.45. The maximum Gasteiger partial charge on any atom is 0.0943 e. The van der Waals surface area contributed by atoms with Crippen LogP contribution in [0.3, 0.4) is 0 Å². The fraction of sp³-hybridized carbons (Fsp3) is 0.500. The Labute approximate surface area is 184 Å². The highest BCUT2D eigenvalue weighted by atomic mass is 31.2. The normalized spacial score (nSPS) is 19.7. The molecule has 0 saturated carbocycles. The van der Waals surface area contributed by atoms with Crippen molar-refractivity contribution in [2.75, 3.05) is 12.3 Å². The molecule has 1 aliphatic rings. The van der Waals surface area contributed by atoms with Gasteiger partial charge >= 0.3 is 0 Å². The lowest BCUT2D eigenvalue weighted by molar-refractivity contribution is 0.516. The SMILES string of the molecule is CCCCCCCCC(C)C[P+]1(c2ccccc2)CCc2[nH]c3ccccc3c2C1. The number of unbranched alkanes of at least 4 members (excludes halogenated alkanes) is 5. The van der Waals surface area contributed by atoms with Gasteiger partial charge in [-0.1, -0.05) is 88.8 Å². The van der Waals surface area contributed by atoms with Crippen LogP contribution in [0.1, 0.15) is 70.1 Å². The van der Waals surface area contributed by atoms with Gasteiger partial charge in [0.25, 0.3) is 0 Å². The Morgan fingerprint density at radius 2 is 1.63 bits per heavy atom. The molecule has 0 aliphatic carbocycles. The van der Waals surface area contributed by atoms with Crippen LogP contribution in [0.15, 0.2) is 54.6 Å². The van der Waals surface area contributed by atoms with Gasteiger partial charge in [0.2, 0.25) is 0 Å². The van der Waals surface area contributed by atoms with E-state index in [4.69, 9.17) is 0 Å². The number of H-pyrrole nitrogens is 1. The predicted octanol–water partition coefficient (Wildman–Crippen LogP) is 7.95. The molecule has 0 fully saturated rings. The van der Waals surface area contributed by atoms with Crippen LogP contribution in [0, 0.1) is 5.92 Å². The third-order valence-corrected chi connectivity index (χ3v) is 11.9. The molecule has 160 valence electrons. The molecule has 2 heteroatoms. The molecule has 4 rings (SSSR count). The average molecular weight is 421 g/mol. The summed E-state index contributed by atoms with van der Waals surface area (Å²) in [7, 11) is -1.19. The molecule has 3 aromatic rings. The number of fused-ring (bicyclic) bond motifs is 3. The van der Waals surface area contributed by atoms with Gasteiger partial charge in [-0.15, -0.1) is 0 Å². The number of benzene rings is 2. The molecule has 0 bridgehead atoms. The molecule has 1 N–H and O–H groups in total. The number of rotatable bonds is 10. The van der Waals surface area contributed by atoms with E-state index in [0.717, 1.165) is 5.92 Å². The molecular weight excluding hydrogens is 381 g/mol. The van der Waals surface area contributed by atoms with Crippen molar-refractivity contribution in [1.82, 2.24) is 4.98 Å². The summed E-state index contributed by atoms with van der Waals surface area (Å²) in [6.45, 7) is 4.83. The fourth-order valence-electron chi connectivity index (χ4n) is 5.54. The Morgan fingerprint density at radius 1 is 0.900 bits per heavy atom. The van der Waals surface area contributed by atoms with Crippen molar-refractivity contribution >= 4 is 23.5 Å². The van der Waals surface area contributed by atoms with Crippen LogP contribution in [0.5, 0.6) is 0 Å². The Kier molecular flexibility index (Phi) is 7.32. The molecule has 0 radical (unpaired) electrons. The lowest BCUT2D eigenvalue weighted by atomic mass is 10.0. The number of hydrogen-bond acceptors (Lipinski definition) is 0. The van der Waals surface area contributed by atoms with Crippen LogP contribution in [-0.4, -0.2) is 17.3 Å². The smallest absolute Gasteiger partial charge is 0.0943 e. The topological polar surface area (TPSA) is 15.8 Å². The van der Waals surface area contributed by atoms with E-state index in [1.165, 1.54) is 86.4 Å². The molecule has 2 unspecified atom stereocenters. The van der Waals surface area contributed by atoms with Gasteiger partial charge in [0.05, 0.1) is 31.1 Å². The first-order chi connectivity index (χ1) is 14.7.